The molecule has 0 saturated carbocycles. The molecule has 1 amide bonds. The molecule has 0 aromatic heterocycles. The Kier molecular flexibility index (Phi) is 5.61. The van der Waals surface area contributed by atoms with Crippen LogP contribution < -0.4 is 10.1 Å². The van der Waals surface area contributed by atoms with Crippen LogP contribution in [-0.2, 0) is 4.79 Å². The molecular weight excluding hydrogens is 342 g/mol. The van der Waals surface area contributed by atoms with Crippen molar-refractivity contribution in [1.29, 1.82) is 0 Å². The third-order valence-corrected chi connectivity index (χ3v) is 4.24. The Morgan fingerprint density at radius 2 is 1.91 bits per heavy atom. The molecule has 0 aliphatic rings. The van der Waals surface area contributed by atoms with E-state index in [0.29, 0.717) is 6.42 Å². The second-order valence-corrected chi connectivity index (χ2v) is 6.08. The van der Waals surface area contributed by atoms with E-state index < -0.39 is 6.10 Å². The Balaban J connectivity index is 2.09. The fourth-order valence-electron chi connectivity index (χ4n) is 2.05. The molecule has 0 unspecified atom stereocenters. The van der Waals surface area contributed by atoms with Crippen molar-refractivity contribution < 1.29 is 9.53 Å². The lowest BCUT2D eigenvalue weighted by Crippen LogP contribution is -2.32. The van der Waals surface area contributed by atoms with Gasteiger partial charge in [0, 0.05) is 4.47 Å². The van der Waals surface area contributed by atoms with Crippen LogP contribution in [0.5, 0.6) is 5.75 Å². The number of ether oxygens (including phenoxy) is 1. The standard InChI is InChI=1S/C18H20BrNO2/c1-4-17(22-14-10-9-12(2)13(3)11-14)18(21)20-16-8-6-5-7-15(16)19/h5-11,17H,4H2,1-3H3,(H,20,21)/t17-/m0/s1. The molecule has 0 aliphatic heterocycles. The molecule has 2 aromatic carbocycles. The summed E-state index contributed by atoms with van der Waals surface area (Å²) in [5.74, 6) is 0.574. The summed E-state index contributed by atoms with van der Waals surface area (Å²) in [5, 5.41) is 2.90. The molecule has 22 heavy (non-hydrogen) atoms. The number of carbonyl (C=O) groups is 1. The predicted octanol–water partition coefficient (Wildman–Crippen LogP) is 4.86. The molecule has 0 spiro atoms. The Bertz CT molecular complexity index is 670. The van der Waals surface area contributed by atoms with E-state index in [1.165, 1.54) is 5.56 Å². The third-order valence-electron chi connectivity index (χ3n) is 3.55. The van der Waals surface area contributed by atoms with Crippen LogP contribution in [0.15, 0.2) is 46.9 Å². The average molecular weight is 362 g/mol. The molecule has 0 saturated heterocycles. The van der Waals surface area contributed by atoms with Gasteiger partial charge in [-0.1, -0.05) is 25.1 Å². The van der Waals surface area contributed by atoms with E-state index >= 15 is 0 Å². The second-order valence-electron chi connectivity index (χ2n) is 5.23. The first kappa shape index (κ1) is 16.6. The van der Waals surface area contributed by atoms with Crippen molar-refractivity contribution in [3.05, 3.63) is 58.1 Å². The van der Waals surface area contributed by atoms with Crippen LogP contribution in [0, 0.1) is 13.8 Å². The number of hydrogen-bond donors (Lipinski definition) is 1. The lowest BCUT2D eigenvalue weighted by molar-refractivity contribution is -0.122. The van der Waals surface area contributed by atoms with Crippen LogP contribution in [0.25, 0.3) is 0 Å². The van der Waals surface area contributed by atoms with Crippen molar-refractivity contribution in [2.45, 2.75) is 33.3 Å². The highest BCUT2D eigenvalue weighted by molar-refractivity contribution is 9.10. The van der Waals surface area contributed by atoms with E-state index in [-0.39, 0.29) is 5.91 Å². The van der Waals surface area contributed by atoms with Gasteiger partial charge in [0.2, 0.25) is 0 Å². The topological polar surface area (TPSA) is 38.3 Å². The van der Waals surface area contributed by atoms with E-state index in [0.717, 1.165) is 21.5 Å². The average Bonchev–Trinajstić information content (AvgIpc) is 2.50. The molecule has 3 nitrogen and oxygen atoms in total. The first-order chi connectivity index (χ1) is 10.5. The second kappa shape index (κ2) is 7.45. The van der Waals surface area contributed by atoms with Gasteiger partial charge in [-0.05, 0) is 71.6 Å². The third kappa shape index (κ3) is 4.10. The van der Waals surface area contributed by atoms with Crippen molar-refractivity contribution >= 4 is 27.5 Å². The van der Waals surface area contributed by atoms with Gasteiger partial charge in [0.15, 0.2) is 6.10 Å². The van der Waals surface area contributed by atoms with Crippen LogP contribution in [0.4, 0.5) is 5.69 Å². The van der Waals surface area contributed by atoms with Crippen LogP contribution >= 0.6 is 15.9 Å². The fourth-order valence-corrected chi connectivity index (χ4v) is 2.43. The molecule has 0 heterocycles. The molecule has 0 aliphatic carbocycles. The zero-order chi connectivity index (χ0) is 16.1. The molecule has 0 fully saturated rings. The van der Waals surface area contributed by atoms with Crippen LogP contribution in [0.3, 0.4) is 0 Å². The Hall–Kier alpha value is -1.81. The van der Waals surface area contributed by atoms with E-state index in [4.69, 9.17) is 4.74 Å². The van der Waals surface area contributed by atoms with Gasteiger partial charge < -0.3 is 10.1 Å². The molecule has 0 bridgehead atoms. The van der Waals surface area contributed by atoms with Crippen molar-refractivity contribution in [2.75, 3.05) is 5.32 Å². The summed E-state index contributed by atoms with van der Waals surface area (Å²) in [5.41, 5.74) is 3.10. The summed E-state index contributed by atoms with van der Waals surface area (Å²) in [6, 6.07) is 13.4. The smallest absolute Gasteiger partial charge is 0.265 e. The number of halogens is 1. The zero-order valence-corrected chi connectivity index (χ0v) is 14.6. The summed E-state index contributed by atoms with van der Waals surface area (Å²) < 4.78 is 6.70. The van der Waals surface area contributed by atoms with Crippen molar-refractivity contribution in [3.8, 4) is 5.75 Å². The quantitative estimate of drug-likeness (QED) is 0.825. The Morgan fingerprint density at radius 1 is 1.18 bits per heavy atom. The molecule has 0 radical (unpaired) electrons. The lowest BCUT2D eigenvalue weighted by atomic mass is 10.1. The number of amides is 1. The van der Waals surface area contributed by atoms with Crippen LogP contribution in [0.1, 0.15) is 24.5 Å². The van der Waals surface area contributed by atoms with E-state index in [1.54, 1.807) is 0 Å². The number of rotatable bonds is 5. The van der Waals surface area contributed by atoms with Crippen molar-refractivity contribution in [2.24, 2.45) is 0 Å². The summed E-state index contributed by atoms with van der Waals surface area (Å²) in [4.78, 5) is 12.4. The van der Waals surface area contributed by atoms with Gasteiger partial charge in [0.1, 0.15) is 5.75 Å². The maximum Gasteiger partial charge on any atom is 0.265 e. The summed E-state index contributed by atoms with van der Waals surface area (Å²) in [6.45, 7) is 6.02. The summed E-state index contributed by atoms with van der Waals surface area (Å²) in [6.07, 6.45) is 0.0812. The van der Waals surface area contributed by atoms with Gasteiger partial charge in [-0.25, -0.2) is 0 Å². The van der Waals surface area contributed by atoms with E-state index in [9.17, 15) is 4.79 Å². The summed E-state index contributed by atoms with van der Waals surface area (Å²) in [7, 11) is 0. The Labute approximate surface area is 139 Å². The minimum Gasteiger partial charge on any atom is -0.481 e. The molecule has 4 heteroatoms. The zero-order valence-electron chi connectivity index (χ0n) is 13.0. The van der Waals surface area contributed by atoms with Crippen LogP contribution in [0.2, 0.25) is 0 Å². The highest BCUT2D eigenvalue weighted by atomic mass is 79.9. The van der Waals surface area contributed by atoms with Crippen molar-refractivity contribution in [1.82, 2.24) is 0 Å². The molecule has 1 N–H and O–H groups in total. The number of hydrogen-bond acceptors (Lipinski definition) is 2. The van der Waals surface area contributed by atoms with Gasteiger partial charge in [-0.15, -0.1) is 0 Å². The number of anilines is 1. The predicted molar refractivity (Wildman–Crippen MR) is 93.4 cm³/mol. The number of aryl methyl sites for hydroxylation is 2. The normalized spacial score (nSPS) is 11.8. The lowest BCUT2D eigenvalue weighted by Gasteiger charge is -2.18. The molecule has 2 rings (SSSR count). The van der Waals surface area contributed by atoms with Gasteiger partial charge in [0.05, 0.1) is 5.69 Å². The largest absolute Gasteiger partial charge is 0.481 e. The fraction of sp³-hybridized carbons (Fsp3) is 0.278. The maximum absolute atomic E-state index is 12.4. The SMILES string of the molecule is CC[C@H](Oc1ccc(C)c(C)c1)C(=O)Nc1ccccc1Br. The van der Waals surface area contributed by atoms with Crippen LogP contribution in [-0.4, -0.2) is 12.0 Å². The van der Waals surface area contributed by atoms with E-state index in [1.807, 2.05) is 56.3 Å². The van der Waals surface area contributed by atoms with Gasteiger partial charge in [-0.3, -0.25) is 4.79 Å². The molecule has 116 valence electrons. The number of nitrogens with one attached hydrogen (secondary N) is 1. The molecule has 1 atom stereocenters. The first-order valence-corrected chi connectivity index (χ1v) is 8.10. The van der Waals surface area contributed by atoms with E-state index in [2.05, 4.69) is 28.2 Å². The number of para-hydroxylation sites is 1. The summed E-state index contributed by atoms with van der Waals surface area (Å²) >= 11 is 3.42. The highest BCUT2D eigenvalue weighted by Gasteiger charge is 2.19. The first-order valence-electron chi connectivity index (χ1n) is 7.30. The van der Waals surface area contributed by atoms with Crippen molar-refractivity contribution in [3.63, 3.8) is 0 Å². The van der Waals surface area contributed by atoms with Gasteiger partial charge in [-0.2, -0.15) is 0 Å². The minimum atomic E-state index is -0.519. The van der Waals surface area contributed by atoms with Gasteiger partial charge in [0.25, 0.3) is 5.91 Å². The molecule has 2 aromatic rings. The minimum absolute atomic E-state index is 0.146. The Morgan fingerprint density at radius 3 is 2.55 bits per heavy atom. The number of carbonyl (C=O) groups excluding carboxylic acids is 1. The monoisotopic (exact) mass is 361 g/mol. The number of benzene rings is 2. The molecular formula is C18H20BrNO2. The van der Waals surface area contributed by atoms with Gasteiger partial charge >= 0.3 is 0 Å². The maximum atomic E-state index is 12.4. The highest BCUT2D eigenvalue weighted by Crippen LogP contribution is 2.23.